The lowest BCUT2D eigenvalue weighted by Crippen LogP contribution is -2.62. The van der Waals surface area contributed by atoms with Gasteiger partial charge in [0, 0.05) is 37.8 Å². The van der Waals surface area contributed by atoms with E-state index < -0.39 is 0 Å². The molecule has 2 aliphatic rings. The fraction of sp³-hybridized carbons (Fsp3) is 1.00. The van der Waals surface area contributed by atoms with Crippen LogP contribution in [0, 0.1) is 5.92 Å². The van der Waals surface area contributed by atoms with E-state index in [1.165, 1.54) is 25.9 Å². The molecule has 2 saturated heterocycles. The summed E-state index contributed by atoms with van der Waals surface area (Å²) < 4.78 is 5.48. The Kier molecular flexibility index (Phi) is 3.88. The van der Waals surface area contributed by atoms with E-state index in [0.29, 0.717) is 6.04 Å². The van der Waals surface area contributed by atoms with Gasteiger partial charge in [-0.3, -0.25) is 4.90 Å². The molecule has 0 aromatic heterocycles. The number of nitrogens with zero attached hydrogens (tertiary/aromatic N) is 1. The molecule has 2 atom stereocenters. The Morgan fingerprint density at radius 2 is 2.25 bits per heavy atom. The highest BCUT2D eigenvalue weighted by molar-refractivity contribution is 4.92. The van der Waals surface area contributed by atoms with Crippen LogP contribution >= 0.6 is 0 Å². The van der Waals surface area contributed by atoms with Gasteiger partial charge in [0.25, 0.3) is 0 Å². The third-order valence-corrected chi connectivity index (χ3v) is 3.92. The van der Waals surface area contributed by atoms with Gasteiger partial charge in [-0.05, 0) is 32.6 Å². The fourth-order valence-electron chi connectivity index (χ4n) is 2.89. The molecule has 16 heavy (non-hydrogen) atoms. The maximum absolute atomic E-state index is 5.48. The maximum atomic E-state index is 5.48. The van der Waals surface area contributed by atoms with Crippen LogP contribution in [0.4, 0.5) is 0 Å². The summed E-state index contributed by atoms with van der Waals surface area (Å²) in [4.78, 5) is 2.68. The van der Waals surface area contributed by atoms with Crippen molar-refractivity contribution < 1.29 is 4.74 Å². The van der Waals surface area contributed by atoms with Gasteiger partial charge in [0.15, 0.2) is 0 Å². The average Bonchev–Trinajstić information content (AvgIpc) is 2.70. The smallest absolute Gasteiger partial charge is 0.0507 e. The monoisotopic (exact) mass is 226 g/mol. The van der Waals surface area contributed by atoms with Crippen molar-refractivity contribution in [3.63, 3.8) is 0 Å². The van der Waals surface area contributed by atoms with Gasteiger partial charge in [0.1, 0.15) is 0 Å². The fourth-order valence-corrected chi connectivity index (χ4v) is 2.89. The van der Waals surface area contributed by atoms with Gasteiger partial charge in [0.2, 0.25) is 0 Å². The molecule has 0 bridgehead atoms. The van der Waals surface area contributed by atoms with Gasteiger partial charge >= 0.3 is 0 Å². The van der Waals surface area contributed by atoms with Crippen molar-refractivity contribution in [2.45, 2.75) is 45.2 Å². The molecular formula is C13H26N2O. The molecule has 3 nitrogen and oxygen atoms in total. The van der Waals surface area contributed by atoms with E-state index in [1.54, 1.807) is 0 Å². The zero-order valence-electron chi connectivity index (χ0n) is 11.0. The van der Waals surface area contributed by atoms with E-state index in [4.69, 9.17) is 4.74 Å². The topological polar surface area (TPSA) is 24.5 Å². The minimum absolute atomic E-state index is 0.269. The van der Waals surface area contributed by atoms with Crippen LogP contribution in [0.1, 0.15) is 33.6 Å². The van der Waals surface area contributed by atoms with Crippen LogP contribution in [0.3, 0.4) is 0 Å². The molecule has 3 heteroatoms. The summed E-state index contributed by atoms with van der Waals surface area (Å²) in [7, 11) is 0. The quantitative estimate of drug-likeness (QED) is 0.789. The Morgan fingerprint density at radius 3 is 2.88 bits per heavy atom. The zero-order valence-corrected chi connectivity index (χ0v) is 11.0. The predicted molar refractivity (Wildman–Crippen MR) is 66.7 cm³/mol. The minimum Gasteiger partial charge on any atom is -0.381 e. The molecule has 0 radical (unpaired) electrons. The van der Waals surface area contributed by atoms with Crippen molar-refractivity contribution in [1.82, 2.24) is 10.2 Å². The van der Waals surface area contributed by atoms with Crippen molar-refractivity contribution in [3.8, 4) is 0 Å². The Bertz CT molecular complexity index is 224. The molecule has 2 fully saturated rings. The van der Waals surface area contributed by atoms with E-state index in [1.807, 2.05) is 0 Å². The standard InChI is InChI=1S/C13H26N2O/c1-4-12-7-14-13(2,3)10-15(12)8-11-5-6-16-9-11/h11-12,14H,4-10H2,1-3H3. The van der Waals surface area contributed by atoms with Gasteiger partial charge in [-0.2, -0.15) is 0 Å². The first-order chi connectivity index (χ1) is 7.61. The highest BCUT2D eigenvalue weighted by Gasteiger charge is 2.33. The third-order valence-electron chi connectivity index (χ3n) is 3.92. The molecular weight excluding hydrogens is 200 g/mol. The summed E-state index contributed by atoms with van der Waals surface area (Å²) >= 11 is 0. The highest BCUT2D eigenvalue weighted by atomic mass is 16.5. The first-order valence-electron chi connectivity index (χ1n) is 6.67. The van der Waals surface area contributed by atoms with Crippen LogP contribution in [-0.4, -0.2) is 49.3 Å². The SMILES string of the molecule is CCC1CNC(C)(C)CN1CC1CCOC1. The van der Waals surface area contributed by atoms with Gasteiger partial charge < -0.3 is 10.1 Å². The Morgan fingerprint density at radius 1 is 1.44 bits per heavy atom. The summed E-state index contributed by atoms with van der Waals surface area (Å²) in [5, 5.41) is 3.64. The highest BCUT2D eigenvalue weighted by Crippen LogP contribution is 2.21. The lowest BCUT2D eigenvalue weighted by atomic mass is 9.96. The van der Waals surface area contributed by atoms with Crippen LogP contribution < -0.4 is 5.32 Å². The second kappa shape index (κ2) is 5.03. The van der Waals surface area contributed by atoms with E-state index >= 15 is 0 Å². The van der Waals surface area contributed by atoms with E-state index in [2.05, 4.69) is 31.0 Å². The van der Waals surface area contributed by atoms with Crippen LogP contribution in [0.5, 0.6) is 0 Å². The molecule has 0 spiro atoms. The second-order valence-corrected chi connectivity index (χ2v) is 5.99. The Hall–Kier alpha value is -0.120. The third kappa shape index (κ3) is 2.96. The molecule has 2 aliphatic heterocycles. The second-order valence-electron chi connectivity index (χ2n) is 5.99. The van der Waals surface area contributed by atoms with Gasteiger partial charge in [-0.1, -0.05) is 6.92 Å². The van der Waals surface area contributed by atoms with E-state index in [9.17, 15) is 0 Å². The van der Waals surface area contributed by atoms with Crippen molar-refractivity contribution in [1.29, 1.82) is 0 Å². The van der Waals surface area contributed by atoms with Crippen LogP contribution in [0.15, 0.2) is 0 Å². The van der Waals surface area contributed by atoms with Crippen LogP contribution in [0.25, 0.3) is 0 Å². The lowest BCUT2D eigenvalue weighted by Gasteiger charge is -2.45. The molecule has 2 rings (SSSR count). The van der Waals surface area contributed by atoms with Crippen molar-refractivity contribution >= 4 is 0 Å². The van der Waals surface area contributed by atoms with Gasteiger partial charge in [-0.15, -0.1) is 0 Å². The summed E-state index contributed by atoms with van der Waals surface area (Å²) in [5.74, 6) is 0.767. The molecule has 1 N–H and O–H groups in total. The van der Waals surface area contributed by atoms with E-state index in [0.717, 1.165) is 25.7 Å². The van der Waals surface area contributed by atoms with Crippen molar-refractivity contribution in [3.05, 3.63) is 0 Å². The zero-order chi connectivity index (χ0) is 11.6. The van der Waals surface area contributed by atoms with Crippen LogP contribution in [-0.2, 0) is 4.74 Å². The number of rotatable bonds is 3. The molecule has 0 aliphatic carbocycles. The van der Waals surface area contributed by atoms with Crippen LogP contribution in [0.2, 0.25) is 0 Å². The van der Waals surface area contributed by atoms with Gasteiger partial charge in [0.05, 0.1) is 6.61 Å². The van der Waals surface area contributed by atoms with Gasteiger partial charge in [-0.25, -0.2) is 0 Å². The largest absolute Gasteiger partial charge is 0.381 e. The predicted octanol–water partition coefficient (Wildman–Crippen LogP) is 1.49. The first kappa shape index (κ1) is 12.3. The molecule has 2 heterocycles. The Balaban J connectivity index is 1.91. The normalized spacial score (nSPS) is 35.4. The number of nitrogens with one attached hydrogen (secondary N) is 1. The number of piperazine rings is 1. The van der Waals surface area contributed by atoms with Crippen molar-refractivity contribution in [2.24, 2.45) is 5.92 Å². The number of hydrogen-bond donors (Lipinski definition) is 1. The average molecular weight is 226 g/mol. The molecule has 2 unspecified atom stereocenters. The molecule has 0 saturated carbocycles. The number of hydrogen-bond acceptors (Lipinski definition) is 3. The maximum Gasteiger partial charge on any atom is 0.0507 e. The summed E-state index contributed by atoms with van der Waals surface area (Å²) in [5.41, 5.74) is 0.269. The van der Waals surface area contributed by atoms with Crippen molar-refractivity contribution in [2.75, 3.05) is 32.8 Å². The Labute approximate surface area is 99.5 Å². The summed E-state index contributed by atoms with van der Waals surface area (Å²) in [6, 6.07) is 0.716. The number of ether oxygens (including phenoxy) is 1. The first-order valence-corrected chi connectivity index (χ1v) is 6.67. The molecule has 0 amide bonds. The molecule has 0 aromatic carbocycles. The van der Waals surface area contributed by atoms with E-state index in [-0.39, 0.29) is 5.54 Å². The summed E-state index contributed by atoms with van der Waals surface area (Å²) in [6.07, 6.45) is 2.50. The molecule has 94 valence electrons. The molecule has 0 aromatic rings. The lowest BCUT2D eigenvalue weighted by molar-refractivity contribution is 0.0728. The summed E-state index contributed by atoms with van der Waals surface area (Å²) in [6.45, 7) is 12.4. The minimum atomic E-state index is 0.269.